The van der Waals surface area contributed by atoms with E-state index in [2.05, 4.69) is 20.6 Å². The van der Waals surface area contributed by atoms with E-state index in [0.29, 0.717) is 18.1 Å². The molecule has 0 unspecified atom stereocenters. The fourth-order valence-corrected chi connectivity index (χ4v) is 1.65. The molecular formula is C14H16F2N4. The summed E-state index contributed by atoms with van der Waals surface area (Å²) in [6.45, 7) is 3.02. The SMILES string of the molecule is CCCNc1ncc(F)c(NCc2cccc(F)c2)n1. The third-order valence-corrected chi connectivity index (χ3v) is 2.63. The summed E-state index contributed by atoms with van der Waals surface area (Å²) in [6.07, 6.45) is 2.03. The van der Waals surface area contributed by atoms with Crippen molar-refractivity contribution in [3.8, 4) is 0 Å². The minimum Gasteiger partial charge on any atom is -0.363 e. The second-order valence-electron chi connectivity index (χ2n) is 4.30. The zero-order valence-electron chi connectivity index (χ0n) is 11.2. The molecule has 1 aromatic heterocycles. The molecule has 6 heteroatoms. The van der Waals surface area contributed by atoms with Crippen molar-refractivity contribution < 1.29 is 8.78 Å². The zero-order chi connectivity index (χ0) is 14.4. The van der Waals surface area contributed by atoms with E-state index in [9.17, 15) is 8.78 Å². The third kappa shape index (κ3) is 3.88. The van der Waals surface area contributed by atoms with Crippen molar-refractivity contribution >= 4 is 11.8 Å². The molecule has 1 aromatic carbocycles. The van der Waals surface area contributed by atoms with E-state index in [-0.39, 0.29) is 11.6 Å². The van der Waals surface area contributed by atoms with Crippen LogP contribution in [-0.2, 0) is 6.54 Å². The van der Waals surface area contributed by atoms with E-state index in [1.807, 2.05) is 6.92 Å². The standard InChI is InChI=1S/C14H16F2N4/c1-2-6-17-14-19-9-12(16)13(20-14)18-8-10-4-3-5-11(15)7-10/h3-5,7,9H,2,6,8H2,1H3,(H2,17,18,19,20). The highest BCUT2D eigenvalue weighted by Crippen LogP contribution is 2.13. The Morgan fingerprint density at radius 1 is 1.20 bits per heavy atom. The van der Waals surface area contributed by atoms with E-state index in [1.54, 1.807) is 12.1 Å². The van der Waals surface area contributed by atoms with Gasteiger partial charge in [0.1, 0.15) is 5.82 Å². The largest absolute Gasteiger partial charge is 0.363 e. The Bertz CT molecular complexity index is 575. The predicted octanol–water partition coefficient (Wildman–Crippen LogP) is 3.19. The monoisotopic (exact) mass is 278 g/mol. The Labute approximate surface area is 116 Å². The molecule has 4 nitrogen and oxygen atoms in total. The van der Waals surface area contributed by atoms with Gasteiger partial charge in [0.2, 0.25) is 5.95 Å². The zero-order valence-corrected chi connectivity index (χ0v) is 11.2. The van der Waals surface area contributed by atoms with Crippen LogP contribution in [0.15, 0.2) is 30.5 Å². The van der Waals surface area contributed by atoms with Crippen LogP contribution in [0.4, 0.5) is 20.5 Å². The molecule has 106 valence electrons. The van der Waals surface area contributed by atoms with Crippen LogP contribution in [-0.4, -0.2) is 16.5 Å². The lowest BCUT2D eigenvalue weighted by Crippen LogP contribution is -2.09. The number of nitrogens with zero attached hydrogens (tertiary/aromatic N) is 2. The molecule has 0 saturated carbocycles. The van der Waals surface area contributed by atoms with E-state index in [4.69, 9.17) is 0 Å². The highest BCUT2D eigenvalue weighted by atomic mass is 19.1. The first-order chi connectivity index (χ1) is 9.69. The molecule has 0 aliphatic heterocycles. The maximum Gasteiger partial charge on any atom is 0.224 e. The smallest absolute Gasteiger partial charge is 0.224 e. The molecule has 0 atom stereocenters. The number of nitrogens with one attached hydrogen (secondary N) is 2. The first-order valence-electron chi connectivity index (χ1n) is 6.43. The molecule has 0 fully saturated rings. The maximum atomic E-state index is 13.6. The Kier molecular flexibility index (Phi) is 4.81. The van der Waals surface area contributed by atoms with E-state index < -0.39 is 5.82 Å². The fourth-order valence-electron chi connectivity index (χ4n) is 1.65. The lowest BCUT2D eigenvalue weighted by Gasteiger charge is -2.09. The van der Waals surface area contributed by atoms with Crippen LogP contribution in [0.2, 0.25) is 0 Å². The molecule has 2 aromatic rings. The summed E-state index contributed by atoms with van der Waals surface area (Å²) in [5.74, 6) is -0.390. The van der Waals surface area contributed by atoms with Gasteiger partial charge in [-0.25, -0.2) is 13.8 Å². The summed E-state index contributed by atoms with van der Waals surface area (Å²) < 4.78 is 26.6. The maximum absolute atomic E-state index is 13.6. The lowest BCUT2D eigenvalue weighted by atomic mass is 10.2. The topological polar surface area (TPSA) is 49.8 Å². The Balaban J connectivity index is 2.04. The number of aromatic nitrogens is 2. The van der Waals surface area contributed by atoms with Gasteiger partial charge in [0.15, 0.2) is 11.6 Å². The van der Waals surface area contributed by atoms with Crippen LogP contribution in [0.3, 0.4) is 0 Å². The van der Waals surface area contributed by atoms with Crippen molar-refractivity contribution in [1.29, 1.82) is 0 Å². The number of anilines is 2. The quantitative estimate of drug-likeness (QED) is 0.852. The van der Waals surface area contributed by atoms with Gasteiger partial charge in [0.05, 0.1) is 6.20 Å². The van der Waals surface area contributed by atoms with Gasteiger partial charge >= 0.3 is 0 Å². The molecule has 2 rings (SSSR count). The summed E-state index contributed by atoms with van der Waals surface area (Å²) in [5.41, 5.74) is 0.714. The molecule has 20 heavy (non-hydrogen) atoms. The van der Waals surface area contributed by atoms with Crippen molar-refractivity contribution in [2.75, 3.05) is 17.2 Å². The molecule has 2 N–H and O–H groups in total. The average Bonchev–Trinajstić information content (AvgIpc) is 2.45. The van der Waals surface area contributed by atoms with Crippen LogP contribution in [0, 0.1) is 11.6 Å². The Hall–Kier alpha value is -2.24. The van der Waals surface area contributed by atoms with Crippen LogP contribution in [0.1, 0.15) is 18.9 Å². The molecule has 0 aliphatic carbocycles. The molecule has 0 bridgehead atoms. The van der Waals surface area contributed by atoms with Crippen molar-refractivity contribution in [3.63, 3.8) is 0 Å². The van der Waals surface area contributed by atoms with Gasteiger partial charge in [0.25, 0.3) is 0 Å². The normalized spacial score (nSPS) is 10.3. The molecule has 0 amide bonds. The minimum atomic E-state index is -0.538. The Morgan fingerprint density at radius 3 is 2.80 bits per heavy atom. The van der Waals surface area contributed by atoms with Crippen molar-refractivity contribution in [3.05, 3.63) is 47.7 Å². The van der Waals surface area contributed by atoms with Gasteiger partial charge in [-0.1, -0.05) is 19.1 Å². The van der Waals surface area contributed by atoms with E-state index in [1.165, 1.54) is 12.1 Å². The number of benzene rings is 1. The first-order valence-corrected chi connectivity index (χ1v) is 6.43. The highest BCUT2D eigenvalue weighted by Gasteiger charge is 2.06. The molecule has 0 radical (unpaired) electrons. The van der Waals surface area contributed by atoms with E-state index in [0.717, 1.165) is 19.2 Å². The molecule has 0 aliphatic rings. The lowest BCUT2D eigenvalue weighted by molar-refractivity contribution is 0.616. The number of hydrogen-bond donors (Lipinski definition) is 2. The summed E-state index contributed by atoms with van der Waals surface area (Å²) in [7, 11) is 0. The number of hydrogen-bond acceptors (Lipinski definition) is 4. The van der Waals surface area contributed by atoms with Crippen molar-refractivity contribution in [2.45, 2.75) is 19.9 Å². The van der Waals surface area contributed by atoms with Crippen molar-refractivity contribution in [2.24, 2.45) is 0 Å². The van der Waals surface area contributed by atoms with Gasteiger partial charge < -0.3 is 10.6 Å². The van der Waals surface area contributed by atoms with Crippen LogP contribution in [0.5, 0.6) is 0 Å². The minimum absolute atomic E-state index is 0.0999. The summed E-state index contributed by atoms with van der Waals surface area (Å²) in [4.78, 5) is 7.89. The van der Waals surface area contributed by atoms with Crippen LogP contribution >= 0.6 is 0 Å². The number of rotatable bonds is 6. The van der Waals surface area contributed by atoms with Gasteiger partial charge in [-0.2, -0.15) is 4.98 Å². The fraction of sp³-hybridized carbons (Fsp3) is 0.286. The highest BCUT2D eigenvalue weighted by molar-refractivity contribution is 5.41. The van der Waals surface area contributed by atoms with E-state index >= 15 is 0 Å². The molecule has 1 heterocycles. The summed E-state index contributed by atoms with van der Waals surface area (Å²) in [5, 5.41) is 5.82. The number of halogens is 2. The second kappa shape index (κ2) is 6.79. The summed E-state index contributed by atoms with van der Waals surface area (Å²) in [6, 6.07) is 6.12. The second-order valence-corrected chi connectivity index (χ2v) is 4.30. The predicted molar refractivity (Wildman–Crippen MR) is 74.5 cm³/mol. The first kappa shape index (κ1) is 14.2. The Morgan fingerprint density at radius 2 is 2.05 bits per heavy atom. The van der Waals surface area contributed by atoms with Gasteiger partial charge in [0, 0.05) is 13.1 Å². The van der Waals surface area contributed by atoms with Crippen molar-refractivity contribution in [1.82, 2.24) is 9.97 Å². The van der Waals surface area contributed by atoms with Gasteiger partial charge in [-0.05, 0) is 24.1 Å². The molecule has 0 spiro atoms. The third-order valence-electron chi connectivity index (χ3n) is 2.63. The van der Waals surface area contributed by atoms with Crippen LogP contribution < -0.4 is 10.6 Å². The summed E-state index contributed by atoms with van der Waals surface area (Å²) >= 11 is 0. The molecule has 0 saturated heterocycles. The van der Waals surface area contributed by atoms with Gasteiger partial charge in [-0.15, -0.1) is 0 Å². The van der Waals surface area contributed by atoms with Crippen LogP contribution in [0.25, 0.3) is 0 Å². The molecular weight excluding hydrogens is 262 g/mol. The average molecular weight is 278 g/mol. The van der Waals surface area contributed by atoms with Gasteiger partial charge in [-0.3, -0.25) is 0 Å².